The standard InChI is InChI=1S/C16H22N4O.2ClH/c1-12-5-6-14(17)11-15(12)16(21)19-7-3-4-9-20-10-8-18-13(20)2;;/h5-6,8,10-11H,3-4,7,9,17H2,1-2H3,(H,19,21);2*1H. The van der Waals surface area contributed by atoms with Crippen molar-refractivity contribution in [2.24, 2.45) is 0 Å². The second-order valence-corrected chi connectivity index (χ2v) is 5.21. The van der Waals surface area contributed by atoms with Gasteiger partial charge in [0.15, 0.2) is 0 Å². The van der Waals surface area contributed by atoms with Crippen molar-refractivity contribution < 1.29 is 4.79 Å². The number of halogens is 2. The maximum absolute atomic E-state index is 12.1. The van der Waals surface area contributed by atoms with Crippen molar-refractivity contribution >= 4 is 36.4 Å². The molecule has 0 aliphatic carbocycles. The number of rotatable bonds is 6. The molecule has 2 rings (SSSR count). The number of imidazole rings is 1. The van der Waals surface area contributed by atoms with E-state index >= 15 is 0 Å². The fourth-order valence-electron chi connectivity index (χ4n) is 2.23. The van der Waals surface area contributed by atoms with Crippen molar-refractivity contribution in [1.82, 2.24) is 14.9 Å². The van der Waals surface area contributed by atoms with E-state index in [4.69, 9.17) is 5.73 Å². The number of benzene rings is 1. The van der Waals surface area contributed by atoms with Crippen LogP contribution >= 0.6 is 24.8 Å². The summed E-state index contributed by atoms with van der Waals surface area (Å²) < 4.78 is 2.11. The number of anilines is 1. The molecule has 0 saturated heterocycles. The van der Waals surface area contributed by atoms with Gasteiger partial charge in [0.2, 0.25) is 0 Å². The Morgan fingerprint density at radius 3 is 2.65 bits per heavy atom. The van der Waals surface area contributed by atoms with Crippen LogP contribution in [0.5, 0.6) is 0 Å². The van der Waals surface area contributed by atoms with Gasteiger partial charge in [-0.2, -0.15) is 0 Å². The van der Waals surface area contributed by atoms with Crippen molar-refractivity contribution in [3.8, 4) is 0 Å². The number of hydrogen-bond donors (Lipinski definition) is 2. The molecule has 3 N–H and O–H groups in total. The van der Waals surface area contributed by atoms with Crippen LogP contribution in [-0.2, 0) is 6.54 Å². The van der Waals surface area contributed by atoms with E-state index in [9.17, 15) is 4.79 Å². The largest absolute Gasteiger partial charge is 0.399 e. The summed E-state index contributed by atoms with van der Waals surface area (Å²) >= 11 is 0. The van der Waals surface area contributed by atoms with Crippen LogP contribution in [0.1, 0.15) is 34.6 Å². The molecule has 1 aromatic carbocycles. The predicted octanol–water partition coefficient (Wildman–Crippen LogP) is 3.14. The van der Waals surface area contributed by atoms with Gasteiger partial charge in [-0.05, 0) is 44.4 Å². The number of hydrogen-bond acceptors (Lipinski definition) is 3. The fraction of sp³-hybridized carbons (Fsp3) is 0.375. The van der Waals surface area contributed by atoms with Gasteiger partial charge in [-0.25, -0.2) is 4.98 Å². The molecule has 0 bridgehead atoms. The van der Waals surface area contributed by atoms with E-state index in [1.807, 2.05) is 26.1 Å². The number of nitrogens with two attached hydrogens (primary N) is 1. The van der Waals surface area contributed by atoms with Crippen LogP contribution in [0.25, 0.3) is 0 Å². The van der Waals surface area contributed by atoms with E-state index < -0.39 is 0 Å². The first-order valence-corrected chi connectivity index (χ1v) is 7.20. The van der Waals surface area contributed by atoms with E-state index in [0.717, 1.165) is 30.8 Å². The molecule has 128 valence electrons. The first-order valence-electron chi connectivity index (χ1n) is 7.20. The second kappa shape index (κ2) is 10.1. The van der Waals surface area contributed by atoms with Gasteiger partial charge in [-0.1, -0.05) is 6.07 Å². The van der Waals surface area contributed by atoms with E-state index in [0.29, 0.717) is 17.8 Å². The summed E-state index contributed by atoms with van der Waals surface area (Å²) in [7, 11) is 0. The number of unbranched alkanes of at least 4 members (excludes halogenated alkanes) is 1. The highest BCUT2D eigenvalue weighted by atomic mass is 35.5. The predicted molar refractivity (Wildman–Crippen MR) is 98.6 cm³/mol. The first kappa shape index (κ1) is 21.3. The summed E-state index contributed by atoms with van der Waals surface area (Å²) in [5, 5.41) is 2.94. The minimum absolute atomic E-state index is 0. The average Bonchev–Trinajstić information content (AvgIpc) is 2.86. The Hall–Kier alpha value is -1.72. The number of nitrogens with one attached hydrogen (secondary N) is 1. The number of nitrogen functional groups attached to an aromatic ring is 1. The van der Waals surface area contributed by atoms with Crippen molar-refractivity contribution in [2.75, 3.05) is 12.3 Å². The zero-order valence-electron chi connectivity index (χ0n) is 13.4. The zero-order chi connectivity index (χ0) is 15.2. The molecule has 1 aromatic heterocycles. The molecule has 0 radical (unpaired) electrons. The third-order valence-corrected chi connectivity index (χ3v) is 3.54. The summed E-state index contributed by atoms with van der Waals surface area (Å²) in [6, 6.07) is 5.39. The molecule has 0 aliphatic heterocycles. The van der Waals surface area contributed by atoms with Gasteiger partial charge in [0.05, 0.1) is 0 Å². The molecule has 5 nitrogen and oxygen atoms in total. The lowest BCUT2D eigenvalue weighted by Crippen LogP contribution is -2.25. The van der Waals surface area contributed by atoms with Gasteiger partial charge in [0.25, 0.3) is 5.91 Å². The minimum Gasteiger partial charge on any atom is -0.399 e. The normalized spacial score (nSPS) is 9.65. The Kier molecular flexibility index (Phi) is 9.37. The Morgan fingerprint density at radius 2 is 2.00 bits per heavy atom. The highest BCUT2D eigenvalue weighted by Gasteiger charge is 2.08. The molecule has 1 heterocycles. The number of amides is 1. The number of nitrogens with zero attached hydrogens (tertiary/aromatic N) is 2. The van der Waals surface area contributed by atoms with Crippen LogP contribution < -0.4 is 11.1 Å². The summed E-state index contributed by atoms with van der Waals surface area (Å²) in [5.41, 5.74) is 7.93. The second-order valence-electron chi connectivity index (χ2n) is 5.21. The van der Waals surface area contributed by atoms with Crippen LogP contribution in [0.15, 0.2) is 30.6 Å². The lowest BCUT2D eigenvalue weighted by atomic mass is 10.1. The van der Waals surface area contributed by atoms with Gasteiger partial charge in [-0.15, -0.1) is 24.8 Å². The molecular formula is C16H24Cl2N4O. The topological polar surface area (TPSA) is 72.9 Å². The van der Waals surface area contributed by atoms with Crippen LogP contribution in [-0.4, -0.2) is 22.0 Å². The van der Waals surface area contributed by atoms with Crippen LogP contribution in [0.4, 0.5) is 5.69 Å². The Bertz CT molecular complexity index is 628. The Morgan fingerprint density at radius 1 is 1.26 bits per heavy atom. The first-order chi connectivity index (χ1) is 10.1. The lowest BCUT2D eigenvalue weighted by molar-refractivity contribution is 0.0952. The molecule has 2 aromatic rings. The van der Waals surface area contributed by atoms with E-state index in [-0.39, 0.29) is 30.7 Å². The van der Waals surface area contributed by atoms with E-state index in [2.05, 4.69) is 14.9 Å². The molecule has 0 atom stereocenters. The average molecular weight is 359 g/mol. The maximum atomic E-state index is 12.1. The van der Waals surface area contributed by atoms with Crippen LogP contribution in [0.2, 0.25) is 0 Å². The highest BCUT2D eigenvalue weighted by Crippen LogP contribution is 2.12. The number of carbonyl (C=O) groups excluding carboxylic acids is 1. The monoisotopic (exact) mass is 358 g/mol. The van der Waals surface area contributed by atoms with E-state index in [1.165, 1.54) is 0 Å². The quantitative estimate of drug-likeness (QED) is 0.615. The number of aryl methyl sites for hydroxylation is 3. The molecule has 7 heteroatoms. The van der Waals surface area contributed by atoms with Gasteiger partial charge >= 0.3 is 0 Å². The molecule has 23 heavy (non-hydrogen) atoms. The summed E-state index contributed by atoms with van der Waals surface area (Å²) in [6.45, 7) is 5.50. The number of carbonyl (C=O) groups is 1. The highest BCUT2D eigenvalue weighted by molar-refractivity contribution is 5.96. The van der Waals surface area contributed by atoms with Crippen molar-refractivity contribution in [3.05, 3.63) is 47.5 Å². The van der Waals surface area contributed by atoms with Crippen molar-refractivity contribution in [2.45, 2.75) is 33.2 Å². The smallest absolute Gasteiger partial charge is 0.251 e. The molecule has 0 unspecified atom stereocenters. The van der Waals surface area contributed by atoms with Crippen molar-refractivity contribution in [3.63, 3.8) is 0 Å². The third-order valence-electron chi connectivity index (χ3n) is 3.54. The van der Waals surface area contributed by atoms with Gasteiger partial charge in [0, 0.05) is 36.7 Å². The van der Waals surface area contributed by atoms with Gasteiger partial charge in [-0.3, -0.25) is 4.79 Å². The fourth-order valence-corrected chi connectivity index (χ4v) is 2.23. The molecular weight excluding hydrogens is 335 g/mol. The molecule has 0 saturated carbocycles. The number of aromatic nitrogens is 2. The van der Waals surface area contributed by atoms with E-state index in [1.54, 1.807) is 18.3 Å². The summed E-state index contributed by atoms with van der Waals surface area (Å²) in [6.07, 6.45) is 5.72. The molecule has 0 fully saturated rings. The van der Waals surface area contributed by atoms with Gasteiger partial charge in [0.1, 0.15) is 5.82 Å². The van der Waals surface area contributed by atoms with Gasteiger partial charge < -0.3 is 15.6 Å². The van der Waals surface area contributed by atoms with Crippen molar-refractivity contribution in [1.29, 1.82) is 0 Å². The molecule has 0 spiro atoms. The Labute approximate surface area is 149 Å². The maximum Gasteiger partial charge on any atom is 0.251 e. The van der Waals surface area contributed by atoms with Crippen LogP contribution in [0.3, 0.4) is 0 Å². The Balaban J connectivity index is 0.00000242. The zero-order valence-corrected chi connectivity index (χ0v) is 15.0. The SMILES string of the molecule is Cc1ccc(N)cc1C(=O)NCCCCn1ccnc1C.Cl.Cl. The third kappa shape index (κ3) is 6.12. The summed E-state index contributed by atoms with van der Waals surface area (Å²) in [4.78, 5) is 16.3. The molecule has 1 amide bonds. The summed E-state index contributed by atoms with van der Waals surface area (Å²) in [5.74, 6) is 0.966. The lowest BCUT2D eigenvalue weighted by Gasteiger charge is -2.09. The minimum atomic E-state index is -0.0568. The van der Waals surface area contributed by atoms with Crippen LogP contribution in [0, 0.1) is 13.8 Å². The molecule has 0 aliphatic rings.